The molecule has 1 aromatic rings. The van der Waals surface area contributed by atoms with E-state index in [1.807, 2.05) is 0 Å². The Labute approximate surface area is 113 Å². The summed E-state index contributed by atoms with van der Waals surface area (Å²) in [4.78, 5) is 0. The van der Waals surface area contributed by atoms with E-state index in [1.165, 1.54) is 12.1 Å². The average molecular weight is 271 g/mol. The van der Waals surface area contributed by atoms with Gasteiger partial charge in [0.25, 0.3) is 0 Å². The van der Waals surface area contributed by atoms with Gasteiger partial charge in [-0.05, 0) is 43.1 Å². The fraction of sp³-hybridized carbons (Fsp3) is 0.571. The summed E-state index contributed by atoms with van der Waals surface area (Å²) in [5, 5.41) is 0. The Hall–Kier alpha value is -1.17. The highest BCUT2D eigenvalue weighted by Gasteiger charge is 2.04. The smallest absolute Gasteiger partial charge is 0.123 e. The fourth-order valence-electron chi connectivity index (χ4n) is 1.66. The molecule has 0 atom stereocenters. The van der Waals surface area contributed by atoms with Crippen LogP contribution in [-0.2, 0) is 15.9 Å². The molecule has 0 saturated carbocycles. The Kier molecular flexibility index (Phi) is 8.13. The largest absolute Gasteiger partial charge is 0.491 e. The number of nitrogens with two attached hydrogens (primary N) is 1. The molecule has 0 aromatic heterocycles. The predicted molar refractivity (Wildman–Crippen MR) is 72.0 cm³/mol. The molecule has 5 heteroatoms. The number of hydrogen-bond acceptors (Lipinski definition) is 4. The van der Waals surface area contributed by atoms with E-state index >= 15 is 0 Å². The molecular weight excluding hydrogens is 249 g/mol. The Morgan fingerprint density at radius 3 is 2.74 bits per heavy atom. The number of halogens is 1. The van der Waals surface area contributed by atoms with Crippen LogP contribution in [0.15, 0.2) is 18.2 Å². The van der Waals surface area contributed by atoms with E-state index in [-0.39, 0.29) is 5.82 Å². The standard InChI is InChI=1S/C14H22FNO3/c1-17-7-2-8-18-9-10-19-14-4-3-13(15)11-12(14)5-6-16/h3-4,11H,2,5-10,16H2,1H3. The Balaban J connectivity index is 2.28. The molecule has 0 unspecified atom stereocenters. The molecule has 1 aromatic carbocycles. The maximum absolute atomic E-state index is 13.1. The quantitative estimate of drug-likeness (QED) is 0.659. The third kappa shape index (κ3) is 6.52. The minimum absolute atomic E-state index is 0.272. The van der Waals surface area contributed by atoms with Crippen molar-refractivity contribution < 1.29 is 18.6 Å². The van der Waals surface area contributed by atoms with Crippen molar-refractivity contribution in [3.05, 3.63) is 29.6 Å². The number of hydrogen-bond donors (Lipinski definition) is 1. The van der Waals surface area contributed by atoms with Gasteiger partial charge < -0.3 is 19.9 Å². The Morgan fingerprint density at radius 1 is 1.16 bits per heavy atom. The van der Waals surface area contributed by atoms with Crippen LogP contribution in [0.2, 0.25) is 0 Å². The highest BCUT2D eigenvalue weighted by molar-refractivity contribution is 5.34. The first kappa shape index (κ1) is 15.9. The van der Waals surface area contributed by atoms with Crippen molar-refractivity contribution in [1.29, 1.82) is 0 Å². The lowest BCUT2D eigenvalue weighted by atomic mass is 10.1. The second-order valence-corrected chi connectivity index (χ2v) is 4.10. The van der Waals surface area contributed by atoms with Gasteiger partial charge in [0.1, 0.15) is 18.2 Å². The first-order valence-electron chi connectivity index (χ1n) is 6.46. The summed E-state index contributed by atoms with van der Waals surface area (Å²) in [5.41, 5.74) is 6.28. The van der Waals surface area contributed by atoms with Gasteiger partial charge >= 0.3 is 0 Å². The van der Waals surface area contributed by atoms with Crippen molar-refractivity contribution in [3.63, 3.8) is 0 Å². The van der Waals surface area contributed by atoms with Crippen molar-refractivity contribution in [1.82, 2.24) is 0 Å². The van der Waals surface area contributed by atoms with Crippen molar-refractivity contribution in [3.8, 4) is 5.75 Å². The summed E-state index contributed by atoms with van der Waals surface area (Å²) in [6, 6.07) is 4.47. The van der Waals surface area contributed by atoms with E-state index in [0.29, 0.717) is 45.1 Å². The van der Waals surface area contributed by atoms with Crippen LogP contribution in [0.3, 0.4) is 0 Å². The van der Waals surface area contributed by atoms with Gasteiger partial charge in [0, 0.05) is 20.3 Å². The van der Waals surface area contributed by atoms with Crippen LogP contribution < -0.4 is 10.5 Å². The third-order valence-corrected chi connectivity index (χ3v) is 2.56. The molecule has 0 aliphatic rings. The zero-order valence-electron chi connectivity index (χ0n) is 11.4. The number of benzene rings is 1. The monoisotopic (exact) mass is 271 g/mol. The van der Waals surface area contributed by atoms with E-state index in [9.17, 15) is 4.39 Å². The first-order valence-corrected chi connectivity index (χ1v) is 6.46. The van der Waals surface area contributed by atoms with Gasteiger partial charge in [0.2, 0.25) is 0 Å². The molecule has 0 amide bonds. The maximum Gasteiger partial charge on any atom is 0.123 e. The SMILES string of the molecule is COCCCOCCOc1ccc(F)cc1CCN. The van der Waals surface area contributed by atoms with Crippen LogP contribution in [0.5, 0.6) is 5.75 Å². The topological polar surface area (TPSA) is 53.7 Å². The predicted octanol–water partition coefficient (Wildman–Crippen LogP) is 1.76. The van der Waals surface area contributed by atoms with Crippen LogP contribution in [0.1, 0.15) is 12.0 Å². The van der Waals surface area contributed by atoms with Crippen LogP contribution in [0.25, 0.3) is 0 Å². The molecule has 2 N–H and O–H groups in total. The van der Waals surface area contributed by atoms with Crippen LogP contribution in [0.4, 0.5) is 4.39 Å². The van der Waals surface area contributed by atoms with Crippen molar-refractivity contribution >= 4 is 0 Å². The zero-order chi connectivity index (χ0) is 13.9. The van der Waals surface area contributed by atoms with E-state index in [0.717, 1.165) is 12.0 Å². The molecule has 0 fully saturated rings. The van der Waals surface area contributed by atoms with Gasteiger partial charge in [-0.2, -0.15) is 0 Å². The van der Waals surface area contributed by atoms with Gasteiger partial charge in [0.05, 0.1) is 6.61 Å². The van der Waals surface area contributed by atoms with Crippen molar-refractivity contribution in [2.75, 3.05) is 40.1 Å². The molecule has 0 saturated heterocycles. The van der Waals surface area contributed by atoms with Gasteiger partial charge in [-0.1, -0.05) is 0 Å². The lowest BCUT2D eigenvalue weighted by molar-refractivity contribution is 0.0804. The van der Waals surface area contributed by atoms with Gasteiger partial charge in [-0.15, -0.1) is 0 Å². The highest BCUT2D eigenvalue weighted by Crippen LogP contribution is 2.19. The van der Waals surface area contributed by atoms with E-state index in [4.69, 9.17) is 19.9 Å². The number of rotatable bonds is 10. The molecule has 4 nitrogen and oxygen atoms in total. The lowest BCUT2D eigenvalue weighted by Crippen LogP contribution is -2.11. The van der Waals surface area contributed by atoms with Gasteiger partial charge in [-0.25, -0.2) is 4.39 Å². The highest BCUT2D eigenvalue weighted by atomic mass is 19.1. The molecule has 0 radical (unpaired) electrons. The second kappa shape index (κ2) is 9.72. The maximum atomic E-state index is 13.1. The Morgan fingerprint density at radius 2 is 2.00 bits per heavy atom. The Bertz CT molecular complexity index is 361. The van der Waals surface area contributed by atoms with Gasteiger partial charge in [0.15, 0.2) is 0 Å². The number of methoxy groups -OCH3 is 1. The summed E-state index contributed by atoms with van der Waals surface area (Å²) >= 11 is 0. The summed E-state index contributed by atoms with van der Waals surface area (Å²) < 4.78 is 29.0. The summed E-state index contributed by atoms with van der Waals surface area (Å²) in [6.45, 7) is 2.75. The van der Waals surface area contributed by atoms with Crippen molar-refractivity contribution in [2.24, 2.45) is 5.73 Å². The zero-order valence-corrected chi connectivity index (χ0v) is 11.4. The second-order valence-electron chi connectivity index (χ2n) is 4.10. The van der Waals surface area contributed by atoms with Crippen LogP contribution >= 0.6 is 0 Å². The van der Waals surface area contributed by atoms with E-state index in [1.54, 1.807) is 13.2 Å². The first-order chi connectivity index (χ1) is 9.27. The minimum atomic E-state index is -0.272. The lowest BCUT2D eigenvalue weighted by Gasteiger charge is -2.11. The third-order valence-electron chi connectivity index (χ3n) is 2.56. The minimum Gasteiger partial charge on any atom is -0.491 e. The molecule has 0 bridgehead atoms. The summed E-state index contributed by atoms with van der Waals surface area (Å²) in [6.07, 6.45) is 1.47. The fourth-order valence-corrected chi connectivity index (χ4v) is 1.66. The molecule has 19 heavy (non-hydrogen) atoms. The van der Waals surface area contributed by atoms with Crippen LogP contribution in [-0.4, -0.2) is 40.1 Å². The molecule has 0 heterocycles. The van der Waals surface area contributed by atoms with Gasteiger partial charge in [-0.3, -0.25) is 0 Å². The molecule has 108 valence electrons. The molecule has 1 rings (SSSR count). The van der Waals surface area contributed by atoms with E-state index in [2.05, 4.69) is 0 Å². The van der Waals surface area contributed by atoms with E-state index < -0.39 is 0 Å². The normalized spacial score (nSPS) is 10.7. The number of ether oxygens (including phenoxy) is 3. The summed E-state index contributed by atoms with van der Waals surface area (Å²) in [5.74, 6) is 0.402. The van der Waals surface area contributed by atoms with Crippen molar-refractivity contribution in [2.45, 2.75) is 12.8 Å². The molecule has 0 aliphatic heterocycles. The molecule has 0 aliphatic carbocycles. The summed E-state index contributed by atoms with van der Waals surface area (Å²) in [7, 11) is 1.66. The average Bonchev–Trinajstić information content (AvgIpc) is 2.40. The van der Waals surface area contributed by atoms with Crippen LogP contribution in [0, 0.1) is 5.82 Å². The molecule has 0 spiro atoms. The molecular formula is C14H22FNO3.